The van der Waals surface area contributed by atoms with Gasteiger partial charge in [-0.25, -0.2) is 4.68 Å². The predicted octanol–water partition coefficient (Wildman–Crippen LogP) is 4.28. The molecule has 0 saturated heterocycles. The number of fused-ring (bicyclic) bond motifs is 1. The molecule has 3 aromatic rings. The summed E-state index contributed by atoms with van der Waals surface area (Å²) < 4.78 is 13.0. The number of ether oxygens (including phenoxy) is 2. The van der Waals surface area contributed by atoms with Crippen molar-refractivity contribution < 1.29 is 14.3 Å². The zero-order valence-corrected chi connectivity index (χ0v) is 17.7. The molecular formula is C22H23N3O3S. The summed E-state index contributed by atoms with van der Waals surface area (Å²) in [5, 5.41) is 7.74. The van der Waals surface area contributed by atoms with Gasteiger partial charge in [-0.3, -0.25) is 4.79 Å². The summed E-state index contributed by atoms with van der Waals surface area (Å²) >= 11 is 1.56. The number of nitrogens with zero attached hydrogens (tertiary/aromatic N) is 2. The van der Waals surface area contributed by atoms with Crippen molar-refractivity contribution in [1.29, 1.82) is 0 Å². The average molecular weight is 410 g/mol. The van der Waals surface area contributed by atoms with E-state index >= 15 is 0 Å². The van der Waals surface area contributed by atoms with E-state index in [1.54, 1.807) is 26.0 Å². The van der Waals surface area contributed by atoms with E-state index in [2.05, 4.69) is 5.32 Å². The van der Waals surface area contributed by atoms with Crippen LogP contribution < -0.4 is 14.8 Å². The molecule has 1 aliphatic heterocycles. The number of methoxy groups -OCH3 is 2. The van der Waals surface area contributed by atoms with Crippen LogP contribution in [-0.2, 0) is 4.79 Å². The number of nitrogens with one attached hydrogen (secondary N) is 1. The van der Waals surface area contributed by atoms with Gasteiger partial charge in [-0.2, -0.15) is 5.10 Å². The Hall–Kier alpha value is -2.93. The maximum Gasteiger partial charge on any atom is 0.235 e. The fraction of sp³-hybridized carbons (Fsp3) is 0.273. The Morgan fingerprint density at radius 3 is 2.62 bits per heavy atom. The number of hydrogen-bond donors (Lipinski definition) is 1. The van der Waals surface area contributed by atoms with Crippen LogP contribution in [-0.4, -0.2) is 35.7 Å². The van der Waals surface area contributed by atoms with Gasteiger partial charge in [-0.05, 0) is 31.5 Å². The van der Waals surface area contributed by atoms with E-state index in [1.165, 1.54) is 0 Å². The number of benzene rings is 2. The average Bonchev–Trinajstić information content (AvgIpc) is 2.92. The molecule has 1 aromatic heterocycles. The van der Waals surface area contributed by atoms with E-state index in [1.807, 2.05) is 61.0 Å². The lowest BCUT2D eigenvalue weighted by atomic mass is 10.0. The Labute approximate surface area is 174 Å². The maximum atomic E-state index is 12.5. The summed E-state index contributed by atoms with van der Waals surface area (Å²) in [4.78, 5) is 12.5. The first-order valence-corrected chi connectivity index (χ1v) is 10.4. The lowest BCUT2D eigenvalue weighted by molar-refractivity contribution is -0.113. The molecule has 1 atom stereocenters. The third-order valence-corrected chi connectivity index (χ3v) is 6.32. The van der Waals surface area contributed by atoms with Crippen molar-refractivity contribution in [3.63, 3.8) is 0 Å². The molecule has 6 nitrogen and oxygen atoms in total. The SMILES string of the molecule is COc1cccc(C2SCC(=O)Nc3c2c(C)nn3-c2ccccc2C)c1OC. The lowest BCUT2D eigenvalue weighted by Crippen LogP contribution is -2.16. The molecule has 0 fully saturated rings. The highest BCUT2D eigenvalue weighted by Gasteiger charge is 2.33. The molecule has 2 heterocycles. The first kappa shape index (κ1) is 19.4. The van der Waals surface area contributed by atoms with E-state index in [4.69, 9.17) is 14.6 Å². The van der Waals surface area contributed by atoms with Crippen molar-refractivity contribution in [3.05, 3.63) is 64.8 Å². The number of carbonyl (C=O) groups excluding carboxylic acids is 1. The van der Waals surface area contributed by atoms with E-state index in [9.17, 15) is 4.79 Å². The van der Waals surface area contributed by atoms with Gasteiger partial charge in [0, 0.05) is 11.1 Å². The Morgan fingerprint density at radius 1 is 1.10 bits per heavy atom. The second-order valence-corrected chi connectivity index (χ2v) is 7.96. The quantitative estimate of drug-likeness (QED) is 0.697. The van der Waals surface area contributed by atoms with Gasteiger partial charge in [0.25, 0.3) is 0 Å². The predicted molar refractivity (Wildman–Crippen MR) is 116 cm³/mol. The highest BCUT2D eigenvalue weighted by Crippen LogP contribution is 2.48. The van der Waals surface area contributed by atoms with Gasteiger partial charge in [0.1, 0.15) is 5.82 Å². The third-order valence-electron chi connectivity index (χ3n) is 5.07. The molecule has 1 N–H and O–H groups in total. The summed E-state index contributed by atoms with van der Waals surface area (Å²) in [5.74, 6) is 2.35. The largest absolute Gasteiger partial charge is 0.493 e. The van der Waals surface area contributed by atoms with E-state index in [0.29, 0.717) is 23.1 Å². The van der Waals surface area contributed by atoms with Crippen molar-refractivity contribution in [2.45, 2.75) is 19.1 Å². The molecule has 150 valence electrons. The van der Waals surface area contributed by atoms with Crippen LogP contribution in [0.3, 0.4) is 0 Å². The number of aryl methyl sites for hydroxylation is 2. The van der Waals surface area contributed by atoms with E-state index in [0.717, 1.165) is 28.1 Å². The van der Waals surface area contributed by atoms with Gasteiger partial charge in [-0.1, -0.05) is 30.3 Å². The fourth-order valence-corrected chi connectivity index (χ4v) is 4.93. The van der Waals surface area contributed by atoms with Crippen LogP contribution in [0.1, 0.15) is 27.6 Å². The molecule has 1 aliphatic rings. The van der Waals surface area contributed by atoms with Crippen molar-refractivity contribution in [1.82, 2.24) is 9.78 Å². The summed E-state index contributed by atoms with van der Waals surface area (Å²) in [7, 11) is 3.26. The van der Waals surface area contributed by atoms with Crippen molar-refractivity contribution in [2.75, 3.05) is 25.3 Å². The summed E-state index contributed by atoms with van der Waals surface area (Å²) in [6, 6.07) is 13.8. The number of thioether (sulfide) groups is 1. The smallest absolute Gasteiger partial charge is 0.235 e. The van der Waals surface area contributed by atoms with Crippen LogP contribution in [0, 0.1) is 13.8 Å². The molecule has 0 spiro atoms. The van der Waals surface area contributed by atoms with Gasteiger partial charge >= 0.3 is 0 Å². The summed E-state index contributed by atoms with van der Waals surface area (Å²) in [5.41, 5.74) is 4.84. The highest BCUT2D eigenvalue weighted by molar-refractivity contribution is 8.00. The van der Waals surface area contributed by atoms with Crippen molar-refractivity contribution in [2.24, 2.45) is 0 Å². The summed E-state index contributed by atoms with van der Waals surface area (Å²) in [6.45, 7) is 4.01. The molecule has 2 aromatic carbocycles. The molecule has 0 radical (unpaired) electrons. The number of carbonyl (C=O) groups is 1. The first-order chi connectivity index (χ1) is 14.0. The minimum Gasteiger partial charge on any atom is -0.493 e. The van der Waals surface area contributed by atoms with Crippen LogP contribution >= 0.6 is 11.8 Å². The van der Waals surface area contributed by atoms with Crippen LogP contribution in [0.5, 0.6) is 11.5 Å². The van der Waals surface area contributed by atoms with Gasteiger partial charge in [0.15, 0.2) is 11.5 Å². The lowest BCUT2D eigenvalue weighted by Gasteiger charge is -2.20. The molecular weight excluding hydrogens is 386 g/mol. The molecule has 0 bridgehead atoms. The summed E-state index contributed by atoms with van der Waals surface area (Å²) in [6.07, 6.45) is 0. The fourth-order valence-electron chi connectivity index (χ4n) is 3.72. The number of hydrogen-bond acceptors (Lipinski definition) is 5. The van der Waals surface area contributed by atoms with Gasteiger partial charge < -0.3 is 14.8 Å². The Balaban J connectivity index is 1.94. The molecule has 7 heteroatoms. The molecule has 29 heavy (non-hydrogen) atoms. The van der Waals surface area contributed by atoms with E-state index < -0.39 is 0 Å². The molecule has 0 aliphatic carbocycles. The normalized spacial score (nSPS) is 16.0. The zero-order chi connectivity index (χ0) is 20.5. The second kappa shape index (κ2) is 7.83. The number of rotatable bonds is 4. The van der Waals surface area contributed by atoms with Crippen LogP contribution in [0.4, 0.5) is 5.82 Å². The van der Waals surface area contributed by atoms with E-state index in [-0.39, 0.29) is 11.2 Å². The number of para-hydroxylation sites is 2. The number of amides is 1. The number of aromatic nitrogens is 2. The van der Waals surface area contributed by atoms with Crippen LogP contribution in [0.25, 0.3) is 5.69 Å². The molecule has 4 rings (SSSR count). The number of anilines is 1. The second-order valence-electron chi connectivity index (χ2n) is 6.87. The Kier molecular flexibility index (Phi) is 5.24. The van der Waals surface area contributed by atoms with Gasteiger partial charge in [0.2, 0.25) is 5.91 Å². The molecule has 1 unspecified atom stereocenters. The standard InChI is InChI=1S/C22H23N3O3S/c1-13-8-5-6-10-16(13)25-22-19(14(2)24-25)21(29-12-18(26)23-22)15-9-7-11-17(27-3)20(15)28-4/h5-11,21H,12H2,1-4H3,(H,23,26). The topological polar surface area (TPSA) is 65.4 Å². The monoisotopic (exact) mass is 409 g/mol. The minimum absolute atomic E-state index is 0.0460. The third kappa shape index (κ3) is 3.35. The van der Waals surface area contributed by atoms with Crippen molar-refractivity contribution >= 4 is 23.5 Å². The van der Waals surface area contributed by atoms with Gasteiger partial charge in [-0.15, -0.1) is 11.8 Å². The zero-order valence-electron chi connectivity index (χ0n) is 16.9. The Morgan fingerprint density at radius 2 is 1.90 bits per heavy atom. The van der Waals surface area contributed by atoms with Crippen molar-refractivity contribution in [3.8, 4) is 17.2 Å². The van der Waals surface area contributed by atoms with Crippen LogP contribution in [0.15, 0.2) is 42.5 Å². The first-order valence-electron chi connectivity index (χ1n) is 9.33. The molecule has 1 amide bonds. The van der Waals surface area contributed by atoms with Crippen LogP contribution in [0.2, 0.25) is 0 Å². The maximum absolute atomic E-state index is 12.5. The minimum atomic E-state index is -0.119. The highest BCUT2D eigenvalue weighted by atomic mass is 32.2. The van der Waals surface area contributed by atoms with Gasteiger partial charge in [0.05, 0.1) is 36.6 Å². The molecule has 0 saturated carbocycles. The Bertz CT molecular complexity index is 1080.